The zero-order valence-electron chi connectivity index (χ0n) is 8.69. The van der Waals surface area contributed by atoms with Crippen molar-refractivity contribution in [3.63, 3.8) is 0 Å². The normalized spacial score (nSPS) is 11.1. The van der Waals surface area contributed by atoms with E-state index in [4.69, 9.17) is 8.92 Å². The van der Waals surface area contributed by atoms with E-state index in [0.717, 1.165) is 11.8 Å². The molecule has 5 nitrogen and oxygen atoms in total. The first-order valence-electron chi connectivity index (χ1n) is 4.32. The Bertz CT molecular complexity index is 441. The van der Waals surface area contributed by atoms with Crippen LogP contribution in [0.3, 0.4) is 0 Å². The van der Waals surface area contributed by atoms with Crippen LogP contribution in [0.5, 0.6) is 11.5 Å². The van der Waals surface area contributed by atoms with E-state index < -0.39 is 10.1 Å². The third-order valence-corrected chi connectivity index (χ3v) is 2.24. The van der Waals surface area contributed by atoms with E-state index in [1.165, 1.54) is 7.11 Å². The fourth-order valence-electron chi connectivity index (χ4n) is 1.10. The van der Waals surface area contributed by atoms with Gasteiger partial charge in [0, 0.05) is 5.56 Å². The van der Waals surface area contributed by atoms with Crippen molar-refractivity contribution in [1.29, 1.82) is 0 Å². The van der Waals surface area contributed by atoms with Gasteiger partial charge in [-0.15, -0.1) is 0 Å². The fraction of sp³-hybridized carbons (Fsp3) is 0.333. The molecule has 0 unspecified atom stereocenters. The molecule has 1 aromatic carbocycles. The van der Waals surface area contributed by atoms with Crippen LogP contribution in [0.2, 0.25) is 0 Å². The summed E-state index contributed by atoms with van der Waals surface area (Å²) in [7, 11) is -2.08. The summed E-state index contributed by atoms with van der Waals surface area (Å²) >= 11 is 0. The Morgan fingerprint density at radius 3 is 2.47 bits per heavy atom. The molecule has 0 spiro atoms. The fourth-order valence-corrected chi connectivity index (χ4v) is 1.56. The van der Waals surface area contributed by atoms with E-state index in [1.807, 2.05) is 0 Å². The van der Waals surface area contributed by atoms with Crippen LogP contribution in [0.1, 0.15) is 5.56 Å². The van der Waals surface area contributed by atoms with Crippen LogP contribution >= 0.6 is 0 Å². The topological polar surface area (TPSA) is 80.2 Å². The van der Waals surface area contributed by atoms with E-state index >= 15 is 0 Å². The second kappa shape index (κ2) is 4.50. The second-order valence-electron chi connectivity index (χ2n) is 3.02. The number of methoxy groups -OCH3 is 1. The van der Waals surface area contributed by atoms with Crippen molar-refractivity contribution in [2.45, 2.75) is 6.54 Å². The van der Waals surface area contributed by atoms with E-state index in [1.54, 1.807) is 18.2 Å². The molecule has 6 heteroatoms. The minimum atomic E-state index is -3.54. The zero-order chi connectivity index (χ0) is 11.5. The average Bonchev–Trinajstić information content (AvgIpc) is 2.15. The van der Waals surface area contributed by atoms with Crippen molar-refractivity contribution >= 4 is 10.1 Å². The monoisotopic (exact) mass is 232 g/mol. The minimum absolute atomic E-state index is 0.196. The highest BCUT2D eigenvalue weighted by molar-refractivity contribution is 7.86. The van der Waals surface area contributed by atoms with E-state index in [-0.39, 0.29) is 5.75 Å². The summed E-state index contributed by atoms with van der Waals surface area (Å²) in [5.74, 6) is 0.582. The number of quaternary nitrogens is 1. The SMILES string of the molecule is COc1ccc(C[NH3+])cc1OS(C)(=O)=O. The van der Waals surface area contributed by atoms with Crippen molar-refractivity contribution in [2.24, 2.45) is 0 Å². The van der Waals surface area contributed by atoms with Gasteiger partial charge in [-0.3, -0.25) is 0 Å². The van der Waals surface area contributed by atoms with Gasteiger partial charge in [0.25, 0.3) is 0 Å². The van der Waals surface area contributed by atoms with Gasteiger partial charge in [-0.1, -0.05) is 0 Å². The van der Waals surface area contributed by atoms with Gasteiger partial charge in [-0.05, 0) is 18.2 Å². The van der Waals surface area contributed by atoms with Crippen LogP contribution in [-0.4, -0.2) is 21.8 Å². The number of hydrogen-bond acceptors (Lipinski definition) is 4. The quantitative estimate of drug-likeness (QED) is 0.727. The first kappa shape index (κ1) is 11.8. The van der Waals surface area contributed by atoms with Crippen LogP contribution in [0.15, 0.2) is 18.2 Å². The highest BCUT2D eigenvalue weighted by Gasteiger charge is 2.11. The van der Waals surface area contributed by atoms with Crippen LogP contribution < -0.4 is 14.7 Å². The average molecular weight is 232 g/mol. The molecule has 0 amide bonds. The molecule has 1 aromatic rings. The molecule has 0 radical (unpaired) electrons. The molecule has 0 aromatic heterocycles. The molecule has 0 atom stereocenters. The maximum absolute atomic E-state index is 11.0. The summed E-state index contributed by atoms with van der Waals surface area (Å²) in [6.07, 6.45) is 0.989. The molecule has 15 heavy (non-hydrogen) atoms. The van der Waals surface area contributed by atoms with Gasteiger partial charge in [0.15, 0.2) is 11.5 Å². The van der Waals surface area contributed by atoms with Crippen LogP contribution in [0, 0.1) is 0 Å². The van der Waals surface area contributed by atoms with Gasteiger partial charge < -0.3 is 14.7 Å². The lowest BCUT2D eigenvalue weighted by Gasteiger charge is -2.09. The maximum Gasteiger partial charge on any atom is 0.306 e. The lowest BCUT2D eigenvalue weighted by Crippen LogP contribution is -2.47. The summed E-state index contributed by atoms with van der Waals surface area (Å²) in [6, 6.07) is 5.06. The molecule has 0 bridgehead atoms. The molecular formula is C9H14NO4S+. The summed E-state index contributed by atoms with van der Waals surface area (Å²) in [5, 5.41) is 0. The Labute approximate surface area is 88.9 Å². The Balaban J connectivity index is 3.12. The molecule has 3 N–H and O–H groups in total. The van der Waals surface area contributed by atoms with Gasteiger partial charge in [0.1, 0.15) is 0 Å². The number of benzene rings is 1. The van der Waals surface area contributed by atoms with Gasteiger partial charge in [0.05, 0.1) is 19.9 Å². The Hall–Kier alpha value is -1.27. The maximum atomic E-state index is 11.0. The Kier molecular flexibility index (Phi) is 3.54. The molecule has 0 aliphatic rings. The van der Waals surface area contributed by atoms with Crippen molar-refractivity contribution < 1.29 is 23.1 Å². The Morgan fingerprint density at radius 1 is 1.33 bits per heavy atom. The van der Waals surface area contributed by atoms with Gasteiger partial charge in [0.2, 0.25) is 0 Å². The predicted molar refractivity (Wildman–Crippen MR) is 55.1 cm³/mol. The van der Waals surface area contributed by atoms with E-state index in [9.17, 15) is 8.42 Å². The zero-order valence-corrected chi connectivity index (χ0v) is 9.50. The Morgan fingerprint density at radius 2 is 2.00 bits per heavy atom. The number of rotatable bonds is 4. The minimum Gasteiger partial charge on any atom is -0.493 e. The molecule has 0 aliphatic heterocycles. The molecule has 0 aliphatic carbocycles. The van der Waals surface area contributed by atoms with Crippen LogP contribution in [0.25, 0.3) is 0 Å². The second-order valence-corrected chi connectivity index (χ2v) is 4.60. The third kappa shape index (κ3) is 3.41. The summed E-state index contributed by atoms with van der Waals surface area (Å²) < 4.78 is 31.7. The lowest BCUT2D eigenvalue weighted by atomic mass is 10.2. The number of hydrogen-bond donors (Lipinski definition) is 1. The highest BCUT2D eigenvalue weighted by Crippen LogP contribution is 2.28. The third-order valence-electron chi connectivity index (χ3n) is 1.76. The molecule has 0 saturated heterocycles. The molecule has 0 saturated carbocycles. The smallest absolute Gasteiger partial charge is 0.306 e. The largest absolute Gasteiger partial charge is 0.493 e. The summed E-state index contributed by atoms with van der Waals surface area (Å²) in [5.41, 5.74) is 4.59. The van der Waals surface area contributed by atoms with E-state index in [0.29, 0.717) is 12.3 Å². The predicted octanol–water partition coefficient (Wildman–Crippen LogP) is -0.225. The first-order valence-corrected chi connectivity index (χ1v) is 6.13. The summed E-state index contributed by atoms with van der Waals surface area (Å²) in [6.45, 7) is 0.560. The lowest BCUT2D eigenvalue weighted by molar-refractivity contribution is -0.386. The van der Waals surface area contributed by atoms with E-state index in [2.05, 4.69) is 5.73 Å². The molecule has 84 valence electrons. The molecule has 0 heterocycles. The standard InChI is InChI=1S/C9H13NO4S/c1-13-8-4-3-7(6-10)5-9(8)14-15(2,11)12/h3-5H,6,10H2,1-2H3/p+1. The summed E-state index contributed by atoms with van der Waals surface area (Å²) in [4.78, 5) is 0. The van der Waals surface area contributed by atoms with Gasteiger partial charge in [-0.25, -0.2) is 0 Å². The van der Waals surface area contributed by atoms with Crippen molar-refractivity contribution in [3.05, 3.63) is 23.8 Å². The first-order chi connectivity index (χ1) is 6.96. The number of ether oxygens (including phenoxy) is 1. The molecular weight excluding hydrogens is 218 g/mol. The molecule has 0 fully saturated rings. The molecule has 1 rings (SSSR count). The van der Waals surface area contributed by atoms with Crippen molar-refractivity contribution in [3.8, 4) is 11.5 Å². The van der Waals surface area contributed by atoms with Crippen molar-refractivity contribution in [2.75, 3.05) is 13.4 Å². The van der Waals surface area contributed by atoms with Crippen LogP contribution in [-0.2, 0) is 16.7 Å². The van der Waals surface area contributed by atoms with Gasteiger partial charge >= 0.3 is 10.1 Å². The van der Waals surface area contributed by atoms with Crippen molar-refractivity contribution in [1.82, 2.24) is 0 Å². The highest BCUT2D eigenvalue weighted by atomic mass is 32.2. The van der Waals surface area contributed by atoms with Crippen LogP contribution in [0.4, 0.5) is 0 Å². The van der Waals surface area contributed by atoms with Gasteiger partial charge in [-0.2, -0.15) is 8.42 Å².